The fourth-order valence-electron chi connectivity index (χ4n) is 2.80. The van der Waals surface area contributed by atoms with E-state index in [0.717, 1.165) is 21.6 Å². The van der Waals surface area contributed by atoms with Crippen LogP contribution in [0.1, 0.15) is 25.7 Å². The Balaban J connectivity index is 1.54. The van der Waals surface area contributed by atoms with Crippen molar-refractivity contribution in [2.45, 2.75) is 6.92 Å². The molecule has 0 saturated carbocycles. The van der Waals surface area contributed by atoms with E-state index in [0.29, 0.717) is 4.88 Å². The molecule has 140 valence electrons. The molecule has 8 heteroatoms. The number of phenolic OH excluding ortho intramolecular Hbond substituents is 1. The number of carbonyl (C=O) groups excluding carboxylic acids is 2. The highest BCUT2D eigenvalue weighted by molar-refractivity contribution is 7.20. The Morgan fingerprint density at radius 1 is 1.00 bits per heavy atom. The molecule has 0 aliphatic rings. The summed E-state index contributed by atoms with van der Waals surface area (Å²) in [6.45, 7) is 1.89. The number of benzene rings is 2. The number of aryl methyl sites for hydroxylation is 1. The van der Waals surface area contributed by atoms with Crippen LogP contribution in [0.15, 0.2) is 60.7 Å². The fourth-order valence-corrected chi connectivity index (χ4v) is 3.88. The minimum atomic E-state index is -0.517. The molecule has 2 aromatic carbocycles. The van der Waals surface area contributed by atoms with Gasteiger partial charge in [-0.05, 0) is 43.3 Å². The van der Waals surface area contributed by atoms with Gasteiger partial charge in [0.1, 0.15) is 10.6 Å². The summed E-state index contributed by atoms with van der Waals surface area (Å²) in [6.07, 6.45) is 0. The molecule has 0 radical (unpaired) electrons. The van der Waals surface area contributed by atoms with Crippen LogP contribution < -0.4 is 10.9 Å². The Hall–Kier alpha value is -3.65. The molecule has 0 fully saturated rings. The van der Waals surface area contributed by atoms with E-state index in [1.165, 1.54) is 23.5 Å². The number of phenols is 1. The Morgan fingerprint density at radius 3 is 2.50 bits per heavy atom. The van der Waals surface area contributed by atoms with E-state index in [-0.39, 0.29) is 11.3 Å². The highest BCUT2D eigenvalue weighted by Gasteiger charge is 2.17. The highest BCUT2D eigenvalue weighted by Crippen LogP contribution is 2.30. The van der Waals surface area contributed by atoms with Crippen LogP contribution in [0.25, 0.3) is 15.9 Å². The summed E-state index contributed by atoms with van der Waals surface area (Å²) in [5.74, 6) is -0.963. The number of nitrogens with zero attached hydrogens (tertiary/aromatic N) is 2. The first-order chi connectivity index (χ1) is 13.5. The Kier molecular flexibility index (Phi) is 4.54. The minimum Gasteiger partial charge on any atom is -0.508 e. The van der Waals surface area contributed by atoms with E-state index in [1.807, 2.05) is 37.3 Å². The van der Waals surface area contributed by atoms with Crippen LogP contribution in [0, 0.1) is 6.92 Å². The molecule has 0 aliphatic carbocycles. The van der Waals surface area contributed by atoms with Gasteiger partial charge in [-0.25, -0.2) is 4.68 Å². The third kappa shape index (κ3) is 3.33. The number of thiophene rings is 1. The molecule has 0 spiro atoms. The lowest BCUT2D eigenvalue weighted by Crippen LogP contribution is -2.41. The predicted octanol–water partition coefficient (Wildman–Crippen LogP) is 3.18. The third-order valence-electron chi connectivity index (χ3n) is 4.17. The van der Waals surface area contributed by atoms with E-state index in [4.69, 9.17) is 0 Å². The summed E-state index contributed by atoms with van der Waals surface area (Å²) >= 11 is 1.29. The molecular weight excluding hydrogens is 376 g/mol. The summed E-state index contributed by atoms with van der Waals surface area (Å²) in [6, 6.07) is 17.3. The average molecular weight is 392 g/mol. The first-order valence-electron chi connectivity index (χ1n) is 8.47. The molecule has 0 saturated heterocycles. The largest absolute Gasteiger partial charge is 0.508 e. The average Bonchev–Trinajstić information content (AvgIpc) is 3.27. The van der Waals surface area contributed by atoms with Crippen molar-refractivity contribution in [2.75, 3.05) is 0 Å². The van der Waals surface area contributed by atoms with Crippen LogP contribution in [-0.4, -0.2) is 26.7 Å². The van der Waals surface area contributed by atoms with Crippen molar-refractivity contribution < 1.29 is 14.7 Å². The first-order valence-corrected chi connectivity index (χ1v) is 9.29. The van der Waals surface area contributed by atoms with Gasteiger partial charge in [-0.3, -0.25) is 20.4 Å². The smallest absolute Gasteiger partial charge is 0.279 e. The van der Waals surface area contributed by atoms with Crippen LogP contribution in [0.4, 0.5) is 0 Å². The number of hydrazine groups is 1. The maximum Gasteiger partial charge on any atom is 0.279 e. The zero-order valence-corrected chi connectivity index (χ0v) is 15.7. The summed E-state index contributed by atoms with van der Waals surface area (Å²) in [5.41, 5.74) is 6.73. The van der Waals surface area contributed by atoms with Gasteiger partial charge in [0.25, 0.3) is 11.8 Å². The monoisotopic (exact) mass is 392 g/mol. The second kappa shape index (κ2) is 7.16. The summed E-state index contributed by atoms with van der Waals surface area (Å²) in [7, 11) is 0. The number of nitrogens with one attached hydrogen (secondary N) is 2. The topological polar surface area (TPSA) is 96.3 Å². The predicted molar refractivity (Wildman–Crippen MR) is 107 cm³/mol. The summed E-state index contributed by atoms with van der Waals surface area (Å²) in [4.78, 5) is 25.9. The molecule has 4 aromatic rings. The standard InChI is InChI=1S/C20H16N4O3S/c1-12-16-11-17(28-20(16)24(23-12)14-7-3-2-4-8-14)19(27)22-21-18(26)13-6-5-9-15(25)10-13/h2-11,25H,1H3,(H,21,26)(H,22,27). The van der Waals surface area contributed by atoms with Crippen molar-refractivity contribution in [1.29, 1.82) is 0 Å². The number of rotatable bonds is 3. The van der Waals surface area contributed by atoms with Crippen LogP contribution in [0.5, 0.6) is 5.75 Å². The molecule has 3 N–H and O–H groups in total. The normalized spacial score (nSPS) is 10.8. The quantitative estimate of drug-likeness (QED) is 0.467. The molecule has 0 atom stereocenters. The van der Waals surface area contributed by atoms with Gasteiger partial charge < -0.3 is 5.11 Å². The van der Waals surface area contributed by atoms with Crippen molar-refractivity contribution in [2.24, 2.45) is 0 Å². The lowest BCUT2D eigenvalue weighted by atomic mass is 10.2. The van der Waals surface area contributed by atoms with Gasteiger partial charge >= 0.3 is 0 Å². The fraction of sp³-hybridized carbons (Fsp3) is 0.0500. The van der Waals surface area contributed by atoms with Gasteiger partial charge in [0, 0.05) is 10.9 Å². The van der Waals surface area contributed by atoms with E-state index < -0.39 is 11.8 Å². The number of fused-ring (bicyclic) bond motifs is 1. The maximum absolute atomic E-state index is 12.5. The molecule has 28 heavy (non-hydrogen) atoms. The number of carbonyl (C=O) groups is 2. The molecule has 0 aliphatic heterocycles. The maximum atomic E-state index is 12.5. The number of hydrogen-bond donors (Lipinski definition) is 3. The lowest BCUT2D eigenvalue weighted by Gasteiger charge is -2.06. The first kappa shape index (κ1) is 17.7. The van der Waals surface area contributed by atoms with Gasteiger partial charge in [-0.15, -0.1) is 11.3 Å². The number of amides is 2. The van der Waals surface area contributed by atoms with Crippen molar-refractivity contribution in [3.63, 3.8) is 0 Å². The lowest BCUT2D eigenvalue weighted by molar-refractivity contribution is 0.0849. The molecule has 2 heterocycles. The Bertz CT molecular complexity index is 1180. The van der Waals surface area contributed by atoms with Crippen LogP contribution >= 0.6 is 11.3 Å². The summed E-state index contributed by atoms with van der Waals surface area (Å²) < 4.78 is 1.80. The molecule has 0 bridgehead atoms. The van der Waals surface area contributed by atoms with Crippen molar-refractivity contribution >= 4 is 33.4 Å². The van der Waals surface area contributed by atoms with Gasteiger partial charge in [0.15, 0.2) is 0 Å². The number of hydrogen-bond acceptors (Lipinski definition) is 5. The van der Waals surface area contributed by atoms with Crippen molar-refractivity contribution in [3.05, 3.63) is 76.8 Å². The van der Waals surface area contributed by atoms with Gasteiger partial charge in [-0.2, -0.15) is 5.10 Å². The van der Waals surface area contributed by atoms with Crippen LogP contribution in [0.2, 0.25) is 0 Å². The molecule has 0 unspecified atom stereocenters. The molecule has 2 amide bonds. The van der Waals surface area contributed by atoms with Crippen molar-refractivity contribution in [1.82, 2.24) is 20.6 Å². The molecule has 4 rings (SSSR count). The van der Waals surface area contributed by atoms with Crippen molar-refractivity contribution in [3.8, 4) is 11.4 Å². The van der Waals surface area contributed by atoms with E-state index in [9.17, 15) is 14.7 Å². The Morgan fingerprint density at radius 2 is 1.75 bits per heavy atom. The number of aromatic hydroxyl groups is 1. The SMILES string of the molecule is Cc1nn(-c2ccccc2)c2sc(C(=O)NNC(=O)c3cccc(O)c3)cc12. The summed E-state index contributed by atoms with van der Waals surface area (Å²) in [5, 5.41) is 14.9. The third-order valence-corrected chi connectivity index (χ3v) is 5.28. The molecule has 7 nitrogen and oxygen atoms in total. The van der Waals surface area contributed by atoms with E-state index in [2.05, 4.69) is 16.0 Å². The number of aromatic nitrogens is 2. The van der Waals surface area contributed by atoms with Gasteiger partial charge in [0.05, 0.1) is 16.3 Å². The van der Waals surface area contributed by atoms with E-state index >= 15 is 0 Å². The number of para-hydroxylation sites is 1. The zero-order chi connectivity index (χ0) is 19.7. The van der Waals surface area contributed by atoms with Gasteiger partial charge in [0.2, 0.25) is 0 Å². The van der Waals surface area contributed by atoms with Crippen LogP contribution in [0.3, 0.4) is 0 Å². The zero-order valence-electron chi connectivity index (χ0n) is 14.8. The second-order valence-corrected chi connectivity index (χ2v) is 7.15. The minimum absolute atomic E-state index is 0.0237. The van der Waals surface area contributed by atoms with Crippen LogP contribution in [-0.2, 0) is 0 Å². The van der Waals surface area contributed by atoms with E-state index in [1.54, 1.807) is 22.9 Å². The second-order valence-electron chi connectivity index (χ2n) is 6.12. The highest BCUT2D eigenvalue weighted by atomic mass is 32.1. The van der Waals surface area contributed by atoms with Gasteiger partial charge in [-0.1, -0.05) is 24.3 Å². The molecular formula is C20H16N4O3S. The molecule has 2 aromatic heterocycles. The Labute approximate surface area is 164 Å².